The van der Waals surface area contributed by atoms with E-state index in [2.05, 4.69) is 55.1 Å². The molecule has 1 unspecified atom stereocenters. The van der Waals surface area contributed by atoms with Gasteiger partial charge >= 0.3 is 6.03 Å². The van der Waals surface area contributed by atoms with E-state index in [4.69, 9.17) is 0 Å². The Morgan fingerprint density at radius 2 is 2.00 bits per heavy atom. The Balaban J connectivity index is 1.84. The van der Waals surface area contributed by atoms with Crippen molar-refractivity contribution >= 4 is 11.7 Å². The van der Waals surface area contributed by atoms with Gasteiger partial charge in [-0.15, -0.1) is 0 Å². The van der Waals surface area contributed by atoms with Crippen molar-refractivity contribution in [1.82, 2.24) is 9.47 Å². The Labute approximate surface area is 138 Å². The number of nitrogens with zero attached hydrogens (tertiary/aromatic N) is 2. The summed E-state index contributed by atoms with van der Waals surface area (Å²) in [4.78, 5) is 14.9. The van der Waals surface area contributed by atoms with Gasteiger partial charge in [-0.2, -0.15) is 0 Å². The highest BCUT2D eigenvalue weighted by molar-refractivity contribution is 5.90. The Bertz CT molecular complexity index is 689. The maximum absolute atomic E-state index is 12.9. The normalized spacial score (nSPS) is 17.2. The maximum Gasteiger partial charge on any atom is 0.322 e. The topological polar surface area (TPSA) is 37.3 Å². The number of hydrogen-bond donors (Lipinski definition) is 1. The van der Waals surface area contributed by atoms with Crippen LogP contribution in [-0.2, 0) is 13.0 Å². The first kappa shape index (κ1) is 15.7. The molecule has 122 valence electrons. The number of para-hydroxylation sites is 1. The zero-order valence-electron chi connectivity index (χ0n) is 14.1. The van der Waals surface area contributed by atoms with E-state index in [1.54, 1.807) is 0 Å². The van der Waals surface area contributed by atoms with Crippen molar-refractivity contribution in [2.45, 2.75) is 39.8 Å². The maximum atomic E-state index is 12.9. The minimum atomic E-state index is -0.00273. The number of fused-ring (bicyclic) bond motifs is 1. The molecule has 2 heterocycles. The predicted octanol–water partition coefficient (Wildman–Crippen LogP) is 4.30. The van der Waals surface area contributed by atoms with Crippen LogP contribution in [0.2, 0.25) is 0 Å². The average Bonchev–Trinajstić information content (AvgIpc) is 3.02. The molecule has 0 spiro atoms. The molecule has 0 radical (unpaired) electrons. The summed E-state index contributed by atoms with van der Waals surface area (Å²) in [5.41, 5.74) is 3.32. The quantitative estimate of drug-likeness (QED) is 0.902. The van der Waals surface area contributed by atoms with Crippen molar-refractivity contribution in [2.24, 2.45) is 5.92 Å². The predicted molar refractivity (Wildman–Crippen MR) is 93.6 cm³/mol. The summed E-state index contributed by atoms with van der Waals surface area (Å²) in [7, 11) is 0. The number of aryl methyl sites for hydroxylation is 1. The lowest BCUT2D eigenvalue weighted by Crippen LogP contribution is -2.45. The van der Waals surface area contributed by atoms with E-state index in [9.17, 15) is 4.79 Å². The lowest BCUT2D eigenvalue weighted by molar-refractivity contribution is 0.144. The number of urea groups is 1. The van der Waals surface area contributed by atoms with Gasteiger partial charge in [-0.3, -0.25) is 0 Å². The van der Waals surface area contributed by atoms with Crippen LogP contribution in [0.15, 0.2) is 42.6 Å². The lowest BCUT2D eigenvalue weighted by atomic mass is 9.97. The summed E-state index contributed by atoms with van der Waals surface area (Å²) in [6.07, 6.45) is 3.01. The highest BCUT2D eigenvalue weighted by Gasteiger charge is 2.33. The largest absolute Gasteiger partial charge is 0.348 e. The van der Waals surface area contributed by atoms with Gasteiger partial charge in [0.05, 0.1) is 6.04 Å². The summed E-state index contributed by atoms with van der Waals surface area (Å²) < 4.78 is 2.26. The highest BCUT2D eigenvalue weighted by Crippen LogP contribution is 2.33. The first-order valence-corrected chi connectivity index (χ1v) is 8.42. The van der Waals surface area contributed by atoms with Gasteiger partial charge in [-0.1, -0.05) is 39.0 Å². The highest BCUT2D eigenvalue weighted by atomic mass is 16.2. The second-order valence-electron chi connectivity index (χ2n) is 6.45. The Morgan fingerprint density at radius 3 is 2.74 bits per heavy atom. The fourth-order valence-electron chi connectivity index (χ4n) is 3.48. The minimum Gasteiger partial charge on any atom is -0.348 e. The Hall–Kier alpha value is -2.23. The van der Waals surface area contributed by atoms with Crippen molar-refractivity contribution in [3.63, 3.8) is 0 Å². The van der Waals surface area contributed by atoms with Crippen LogP contribution in [-0.4, -0.2) is 22.0 Å². The number of rotatable bonds is 3. The third-order valence-corrected chi connectivity index (χ3v) is 4.62. The molecule has 0 saturated heterocycles. The van der Waals surface area contributed by atoms with E-state index in [-0.39, 0.29) is 12.1 Å². The lowest BCUT2D eigenvalue weighted by Gasteiger charge is -2.39. The van der Waals surface area contributed by atoms with Crippen LogP contribution in [0.4, 0.5) is 10.5 Å². The fraction of sp³-hybridized carbons (Fsp3) is 0.421. The monoisotopic (exact) mass is 311 g/mol. The molecular weight excluding hydrogens is 286 g/mol. The van der Waals surface area contributed by atoms with Gasteiger partial charge in [0.1, 0.15) is 0 Å². The van der Waals surface area contributed by atoms with E-state index in [1.807, 2.05) is 23.1 Å². The zero-order chi connectivity index (χ0) is 16.4. The number of aromatic nitrogens is 1. The van der Waals surface area contributed by atoms with Crippen molar-refractivity contribution < 1.29 is 4.79 Å². The van der Waals surface area contributed by atoms with Gasteiger partial charge in [0, 0.05) is 30.7 Å². The summed E-state index contributed by atoms with van der Waals surface area (Å²) in [5, 5.41) is 3.12. The first-order chi connectivity index (χ1) is 11.1. The molecule has 23 heavy (non-hydrogen) atoms. The van der Waals surface area contributed by atoms with Crippen LogP contribution in [0.3, 0.4) is 0 Å². The van der Waals surface area contributed by atoms with E-state index in [1.165, 1.54) is 11.3 Å². The molecule has 1 atom stereocenters. The van der Waals surface area contributed by atoms with Gasteiger partial charge in [-0.05, 0) is 36.1 Å². The number of amides is 2. The second-order valence-corrected chi connectivity index (χ2v) is 6.45. The van der Waals surface area contributed by atoms with Crippen LogP contribution in [0.25, 0.3) is 0 Å². The van der Waals surface area contributed by atoms with Gasteiger partial charge in [0.25, 0.3) is 0 Å². The van der Waals surface area contributed by atoms with Gasteiger partial charge in [-0.25, -0.2) is 4.79 Å². The summed E-state index contributed by atoms with van der Waals surface area (Å²) in [6.45, 7) is 8.05. The smallest absolute Gasteiger partial charge is 0.322 e. The number of nitrogens with one attached hydrogen (secondary N) is 1. The van der Waals surface area contributed by atoms with Crippen molar-refractivity contribution in [3.05, 3.63) is 53.9 Å². The SMILES string of the molecule is CCc1ccccc1NC(=O)N1CCn2cccc2C1C(C)C. The van der Waals surface area contributed by atoms with Gasteiger partial charge < -0.3 is 14.8 Å². The molecule has 2 amide bonds. The molecule has 0 aliphatic carbocycles. The van der Waals surface area contributed by atoms with Crippen molar-refractivity contribution in [3.8, 4) is 0 Å². The van der Waals surface area contributed by atoms with Gasteiger partial charge in [0.2, 0.25) is 0 Å². The Kier molecular flexibility index (Phi) is 4.42. The molecule has 0 saturated carbocycles. The fourth-order valence-corrected chi connectivity index (χ4v) is 3.48. The second kappa shape index (κ2) is 6.49. The minimum absolute atomic E-state index is 0.00273. The van der Waals surface area contributed by atoms with Crippen LogP contribution in [0.1, 0.15) is 38.1 Å². The molecule has 1 N–H and O–H groups in total. The van der Waals surface area contributed by atoms with Gasteiger partial charge in [0.15, 0.2) is 0 Å². The molecule has 4 nitrogen and oxygen atoms in total. The standard InChI is InChI=1S/C19H25N3O/c1-4-15-8-5-6-9-16(15)20-19(23)22-13-12-21-11-7-10-17(21)18(22)14(2)3/h5-11,14,18H,4,12-13H2,1-3H3,(H,20,23). The van der Waals surface area contributed by atoms with Crippen LogP contribution in [0, 0.1) is 5.92 Å². The molecule has 0 fully saturated rings. The van der Waals surface area contributed by atoms with E-state index in [0.29, 0.717) is 5.92 Å². The molecule has 3 rings (SSSR count). The molecule has 4 heteroatoms. The average molecular weight is 311 g/mol. The molecule has 0 bridgehead atoms. The third kappa shape index (κ3) is 2.98. The molecular formula is C19H25N3O. The number of carbonyl (C=O) groups excluding carboxylic acids is 1. The number of carbonyl (C=O) groups is 1. The zero-order valence-corrected chi connectivity index (χ0v) is 14.1. The molecule has 1 aromatic heterocycles. The van der Waals surface area contributed by atoms with E-state index >= 15 is 0 Å². The summed E-state index contributed by atoms with van der Waals surface area (Å²) >= 11 is 0. The van der Waals surface area contributed by atoms with Crippen LogP contribution < -0.4 is 5.32 Å². The molecule has 1 aliphatic heterocycles. The first-order valence-electron chi connectivity index (χ1n) is 8.42. The molecule has 1 aliphatic rings. The number of hydrogen-bond acceptors (Lipinski definition) is 1. The van der Waals surface area contributed by atoms with Crippen molar-refractivity contribution in [2.75, 3.05) is 11.9 Å². The van der Waals surface area contributed by atoms with E-state index in [0.717, 1.165) is 25.2 Å². The number of benzene rings is 1. The molecule has 2 aromatic rings. The van der Waals surface area contributed by atoms with Crippen LogP contribution >= 0.6 is 0 Å². The van der Waals surface area contributed by atoms with Crippen LogP contribution in [0.5, 0.6) is 0 Å². The summed E-state index contributed by atoms with van der Waals surface area (Å²) in [6, 6.07) is 12.3. The number of anilines is 1. The summed E-state index contributed by atoms with van der Waals surface area (Å²) in [5.74, 6) is 0.371. The van der Waals surface area contributed by atoms with E-state index < -0.39 is 0 Å². The third-order valence-electron chi connectivity index (χ3n) is 4.62. The molecule has 1 aromatic carbocycles. The van der Waals surface area contributed by atoms with Crippen molar-refractivity contribution in [1.29, 1.82) is 0 Å². The Morgan fingerprint density at radius 1 is 1.22 bits per heavy atom.